The van der Waals surface area contributed by atoms with E-state index in [2.05, 4.69) is 11.4 Å². The Balaban J connectivity index is 1.98. The van der Waals surface area contributed by atoms with E-state index < -0.39 is 0 Å². The zero-order chi connectivity index (χ0) is 15.1. The molecule has 0 aliphatic heterocycles. The Kier molecular flexibility index (Phi) is 3.49. The van der Waals surface area contributed by atoms with E-state index in [1.807, 2.05) is 35.7 Å². The van der Waals surface area contributed by atoms with Crippen LogP contribution in [0.15, 0.2) is 58.0 Å². The van der Waals surface area contributed by atoms with Gasteiger partial charge >= 0.3 is 0 Å². The summed E-state index contributed by atoms with van der Waals surface area (Å²) in [5.74, 6) is 0. The molecule has 0 aliphatic rings. The molecule has 0 radical (unpaired) electrons. The van der Waals surface area contributed by atoms with E-state index >= 15 is 0 Å². The lowest BCUT2D eigenvalue weighted by molar-refractivity contribution is 1.22. The van der Waals surface area contributed by atoms with Gasteiger partial charge in [0.05, 0.1) is 4.70 Å². The van der Waals surface area contributed by atoms with Gasteiger partial charge in [0.2, 0.25) is 0 Å². The number of benzene rings is 1. The molecule has 2 heterocycles. The second-order valence-electron chi connectivity index (χ2n) is 5.16. The van der Waals surface area contributed by atoms with Crippen LogP contribution in [0.5, 0.6) is 0 Å². The molecule has 0 atom stereocenters. The quantitative estimate of drug-likeness (QED) is 0.455. The Bertz CT molecular complexity index is 1030. The van der Waals surface area contributed by atoms with Gasteiger partial charge in [-0.3, -0.25) is 4.79 Å². The minimum atomic E-state index is 0.109. The summed E-state index contributed by atoms with van der Waals surface area (Å²) in [7, 11) is 0. The van der Waals surface area contributed by atoms with Crippen molar-refractivity contribution in [3.63, 3.8) is 0 Å². The second kappa shape index (κ2) is 5.51. The van der Waals surface area contributed by atoms with Gasteiger partial charge in [-0.15, -0.1) is 22.7 Å². The third-order valence-electron chi connectivity index (χ3n) is 3.75. The first kappa shape index (κ1) is 13.9. The second-order valence-corrected chi connectivity index (χ2v) is 7.43. The van der Waals surface area contributed by atoms with Crippen LogP contribution in [0.1, 0.15) is 11.1 Å². The molecular formula is C18H11ClOS2. The fourth-order valence-corrected chi connectivity index (χ4v) is 4.60. The van der Waals surface area contributed by atoms with Crippen LogP contribution in [0.25, 0.3) is 20.2 Å². The number of hydrogen-bond donors (Lipinski definition) is 0. The van der Waals surface area contributed by atoms with Crippen molar-refractivity contribution in [2.45, 2.75) is 6.42 Å². The maximum atomic E-state index is 12.5. The molecule has 22 heavy (non-hydrogen) atoms. The lowest BCUT2D eigenvalue weighted by atomic mass is 10.1. The third kappa shape index (κ3) is 2.35. The molecule has 0 N–H and O–H groups in total. The van der Waals surface area contributed by atoms with Crippen molar-refractivity contribution >= 4 is 54.4 Å². The zero-order valence-corrected chi connectivity index (χ0v) is 13.9. The van der Waals surface area contributed by atoms with Crippen LogP contribution >= 0.6 is 34.3 Å². The predicted octanol–water partition coefficient (Wildman–Crippen LogP) is 5.72. The van der Waals surface area contributed by atoms with Crippen LogP contribution in [0.4, 0.5) is 0 Å². The molecule has 1 nitrogen and oxygen atoms in total. The molecule has 0 unspecified atom stereocenters. The summed E-state index contributed by atoms with van der Waals surface area (Å²) in [5, 5.41) is 7.05. The first-order valence-electron chi connectivity index (χ1n) is 6.87. The smallest absolute Gasteiger partial charge is 0.196 e. The molecule has 2 aromatic heterocycles. The highest BCUT2D eigenvalue weighted by atomic mass is 35.5. The monoisotopic (exact) mass is 342 g/mol. The Morgan fingerprint density at radius 3 is 2.23 bits per heavy atom. The SMILES string of the molecule is O=c1cc(Cc2ccc(Cl)cc2)c2sccc2c2ccsc12. The first-order valence-corrected chi connectivity index (χ1v) is 9.01. The normalized spacial score (nSPS) is 11.3. The summed E-state index contributed by atoms with van der Waals surface area (Å²) < 4.78 is 2.03. The van der Waals surface area contributed by atoms with Gasteiger partial charge in [-0.1, -0.05) is 23.7 Å². The molecule has 0 aliphatic carbocycles. The molecule has 4 rings (SSSR count). The van der Waals surface area contributed by atoms with E-state index in [1.54, 1.807) is 17.4 Å². The van der Waals surface area contributed by atoms with Crippen LogP contribution in [-0.2, 0) is 6.42 Å². The van der Waals surface area contributed by atoms with Crippen molar-refractivity contribution in [1.82, 2.24) is 0 Å². The van der Waals surface area contributed by atoms with E-state index in [1.165, 1.54) is 21.4 Å². The summed E-state index contributed by atoms with van der Waals surface area (Å²) in [6.07, 6.45) is 0.741. The standard InChI is InChI=1S/C18H11ClOS2/c19-13-3-1-11(2-4-13)9-12-10-16(20)18-15(6-8-22-18)14-5-7-21-17(12)14/h1-8,10H,9H2. The highest BCUT2D eigenvalue weighted by Crippen LogP contribution is 2.32. The Morgan fingerprint density at radius 1 is 0.864 bits per heavy atom. The summed E-state index contributed by atoms with van der Waals surface area (Å²) >= 11 is 9.16. The summed E-state index contributed by atoms with van der Waals surface area (Å²) in [5.41, 5.74) is 2.35. The van der Waals surface area contributed by atoms with Gasteiger partial charge in [-0.25, -0.2) is 0 Å². The maximum absolute atomic E-state index is 12.5. The Morgan fingerprint density at radius 2 is 1.50 bits per heavy atom. The van der Waals surface area contributed by atoms with Gasteiger partial charge in [-0.2, -0.15) is 0 Å². The third-order valence-corrected chi connectivity index (χ3v) is 5.92. The minimum Gasteiger partial charge on any atom is -0.288 e. The fraction of sp³-hybridized carbons (Fsp3) is 0.0556. The van der Waals surface area contributed by atoms with E-state index in [0.717, 1.165) is 32.7 Å². The van der Waals surface area contributed by atoms with Crippen LogP contribution in [0.2, 0.25) is 5.02 Å². The van der Waals surface area contributed by atoms with Crippen molar-refractivity contribution in [3.05, 3.63) is 79.6 Å². The largest absolute Gasteiger partial charge is 0.288 e. The van der Waals surface area contributed by atoms with Crippen molar-refractivity contribution in [2.75, 3.05) is 0 Å². The van der Waals surface area contributed by atoms with E-state index in [9.17, 15) is 4.79 Å². The number of fused-ring (bicyclic) bond motifs is 3. The van der Waals surface area contributed by atoms with Crippen molar-refractivity contribution < 1.29 is 0 Å². The molecule has 0 amide bonds. The predicted molar refractivity (Wildman–Crippen MR) is 97.7 cm³/mol. The van der Waals surface area contributed by atoms with Crippen LogP contribution in [0, 0.1) is 0 Å². The molecule has 108 valence electrons. The maximum Gasteiger partial charge on any atom is 0.196 e. The molecule has 2 aromatic carbocycles. The Hall–Kier alpha value is -1.68. The first-order chi connectivity index (χ1) is 10.7. The zero-order valence-electron chi connectivity index (χ0n) is 11.5. The molecular weight excluding hydrogens is 332 g/mol. The minimum absolute atomic E-state index is 0.109. The van der Waals surface area contributed by atoms with Crippen molar-refractivity contribution in [2.24, 2.45) is 0 Å². The average Bonchev–Trinajstić information content (AvgIpc) is 3.15. The lowest BCUT2D eigenvalue weighted by Gasteiger charge is -2.01. The lowest BCUT2D eigenvalue weighted by Crippen LogP contribution is -1.96. The topological polar surface area (TPSA) is 17.1 Å². The summed E-state index contributed by atoms with van der Waals surface area (Å²) in [4.78, 5) is 12.5. The molecule has 0 spiro atoms. The van der Waals surface area contributed by atoms with Gasteiger partial charge in [0.15, 0.2) is 5.43 Å². The van der Waals surface area contributed by atoms with Crippen molar-refractivity contribution in [1.29, 1.82) is 0 Å². The molecule has 0 saturated heterocycles. The molecule has 0 saturated carbocycles. The van der Waals surface area contributed by atoms with Crippen LogP contribution in [-0.4, -0.2) is 0 Å². The summed E-state index contributed by atoms with van der Waals surface area (Å²) in [6, 6.07) is 13.8. The number of hydrogen-bond acceptors (Lipinski definition) is 3. The van der Waals surface area contributed by atoms with Gasteiger partial charge in [0.25, 0.3) is 0 Å². The molecule has 0 fully saturated rings. The van der Waals surface area contributed by atoms with E-state index in [0.29, 0.717) is 0 Å². The van der Waals surface area contributed by atoms with E-state index in [-0.39, 0.29) is 5.43 Å². The highest BCUT2D eigenvalue weighted by molar-refractivity contribution is 7.18. The van der Waals surface area contributed by atoms with E-state index in [4.69, 9.17) is 11.6 Å². The van der Waals surface area contributed by atoms with Gasteiger partial charge in [0.1, 0.15) is 0 Å². The number of thiophene rings is 2. The molecule has 0 bridgehead atoms. The average molecular weight is 343 g/mol. The highest BCUT2D eigenvalue weighted by Gasteiger charge is 2.10. The number of rotatable bonds is 2. The van der Waals surface area contributed by atoms with Gasteiger partial charge < -0.3 is 0 Å². The van der Waals surface area contributed by atoms with Crippen molar-refractivity contribution in [3.8, 4) is 0 Å². The fourth-order valence-electron chi connectivity index (χ4n) is 2.73. The molecule has 4 aromatic rings. The number of halogens is 1. The Labute approximate surface area is 140 Å². The molecule has 4 heteroatoms. The van der Waals surface area contributed by atoms with Crippen LogP contribution in [0.3, 0.4) is 0 Å². The summed E-state index contributed by atoms with van der Waals surface area (Å²) in [6.45, 7) is 0. The van der Waals surface area contributed by atoms with Crippen LogP contribution < -0.4 is 5.43 Å². The van der Waals surface area contributed by atoms with Gasteiger partial charge in [0, 0.05) is 20.5 Å². The van der Waals surface area contributed by atoms with Gasteiger partial charge in [-0.05, 0) is 58.6 Å².